The molecule has 1 amide bonds. The van der Waals surface area contributed by atoms with Gasteiger partial charge in [0, 0.05) is 32.2 Å². The molecule has 1 aromatic rings. The lowest BCUT2D eigenvalue weighted by molar-refractivity contribution is -0.156. The molecular formula is C19H28N2O6S. The molecule has 0 atom stereocenters. The Bertz CT molecular complexity index is 787. The number of piperidine rings is 1. The van der Waals surface area contributed by atoms with Crippen molar-refractivity contribution in [3.63, 3.8) is 0 Å². The molecular weight excluding hydrogens is 384 g/mol. The largest absolute Gasteiger partial charge is 0.496 e. The fourth-order valence-corrected chi connectivity index (χ4v) is 4.22. The van der Waals surface area contributed by atoms with Crippen molar-refractivity contribution in [3.8, 4) is 5.75 Å². The number of carbonyl (C=O) groups is 2. The van der Waals surface area contributed by atoms with Crippen LogP contribution in [0.2, 0.25) is 0 Å². The minimum absolute atomic E-state index is 0.0507. The molecule has 156 valence electrons. The highest BCUT2D eigenvalue weighted by atomic mass is 32.2. The van der Waals surface area contributed by atoms with Gasteiger partial charge in [-0.05, 0) is 25.8 Å². The molecule has 0 radical (unpaired) electrons. The number of esters is 1. The van der Waals surface area contributed by atoms with E-state index in [1.165, 1.54) is 9.21 Å². The maximum absolute atomic E-state index is 12.3. The summed E-state index contributed by atoms with van der Waals surface area (Å²) >= 11 is 0. The van der Waals surface area contributed by atoms with E-state index in [2.05, 4.69) is 0 Å². The Morgan fingerprint density at radius 3 is 2.46 bits per heavy atom. The van der Waals surface area contributed by atoms with Gasteiger partial charge in [-0.15, -0.1) is 0 Å². The fraction of sp³-hybridized carbons (Fsp3) is 0.579. The lowest BCUT2D eigenvalue weighted by Gasteiger charge is -2.29. The van der Waals surface area contributed by atoms with E-state index in [-0.39, 0.29) is 24.2 Å². The molecule has 2 rings (SSSR count). The summed E-state index contributed by atoms with van der Waals surface area (Å²) in [6.45, 7) is 2.21. The van der Waals surface area contributed by atoms with Crippen LogP contribution in [-0.4, -0.2) is 69.1 Å². The number of para-hydroxylation sites is 1. The average molecular weight is 413 g/mol. The van der Waals surface area contributed by atoms with Gasteiger partial charge < -0.3 is 14.4 Å². The molecule has 0 aromatic heterocycles. The molecule has 9 heteroatoms. The molecule has 1 aromatic carbocycles. The Balaban J connectivity index is 1.80. The van der Waals surface area contributed by atoms with E-state index >= 15 is 0 Å². The van der Waals surface area contributed by atoms with E-state index in [1.54, 1.807) is 21.1 Å². The fourth-order valence-electron chi connectivity index (χ4n) is 3.09. The number of ether oxygens (including phenoxy) is 2. The quantitative estimate of drug-likeness (QED) is 0.597. The number of sulfonamides is 1. The lowest BCUT2D eigenvalue weighted by Crippen LogP contribution is -2.41. The Morgan fingerprint density at radius 2 is 1.86 bits per heavy atom. The normalized spacial score (nSPS) is 15.8. The van der Waals surface area contributed by atoms with Gasteiger partial charge >= 0.3 is 5.97 Å². The first kappa shape index (κ1) is 22.2. The standard InChI is InChI=1S/C19H28N2O6S/c1-4-28(24,25)21-11-9-15(10-12-21)19(23)27-14-18(22)20(2)13-16-7-5-6-8-17(16)26-3/h5-8,15H,4,9-14H2,1-3H3. The van der Waals surface area contributed by atoms with Gasteiger partial charge in [-0.3, -0.25) is 9.59 Å². The number of carbonyl (C=O) groups excluding carboxylic acids is 2. The van der Waals surface area contributed by atoms with Gasteiger partial charge in [0.05, 0.1) is 18.8 Å². The third-order valence-corrected chi connectivity index (χ3v) is 6.79. The van der Waals surface area contributed by atoms with Crippen molar-refractivity contribution in [2.75, 3.05) is 39.6 Å². The minimum atomic E-state index is -3.23. The third kappa shape index (κ3) is 5.68. The van der Waals surface area contributed by atoms with Crippen molar-refractivity contribution in [1.82, 2.24) is 9.21 Å². The summed E-state index contributed by atoms with van der Waals surface area (Å²) in [5.41, 5.74) is 0.858. The molecule has 8 nitrogen and oxygen atoms in total. The molecule has 0 N–H and O–H groups in total. The first-order valence-corrected chi connectivity index (χ1v) is 10.9. The Kier molecular flexibility index (Phi) is 7.82. The van der Waals surface area contributed by atoms with Gasteiger partial charge in [0.25, 0.3) is 5.91 Å². The van der Waals surface area contributed by atoms with Crippen LogP contribution < -0.4 is 4.74 Å². The second-order valence-electron chi connectivity index (χ2n) is 6.74. The van der Waals surface area contributed by atoms with Crippen LogP contribution in [-0.2, 0) is 30.9 Å². The molecule has 1 aliphatic rings. The summed E-state index contributed by atoms with van der Waals surface area (Å²) in [6, 6.07) is 7.40. The molecule has 1 heterocycles. The van der Waals surface area contributed by atoms with Gasteiger partial charge in [-0.2, -0.15) is 0 Å². The monoisotopic (exact) mass is 412 g/mol. The van der Waals surface area contributed by atoms with E-state index in [0.717, 1.165) is 5.56 Å². The molecule has 28 heavy (non-hydrogen) atoms. The number of methoxy groups -OCH3 is 1. The molecule has 0 bridgehead atoms. The Hall–Kier alpha value is -2.13. The summed E-state index contributed by atoms with van der Waals surface area (Å²) in [5, 5.41) is 0. The van der Waals surface area contributed by atoms with Crippen LogP contribution in [0, 0.1) is 5.92 Å². The van der Waals surface area contributed by atoms with E-state index in [4.69, 9.17) is 9.47 Å². The topological polar surface area (TPSA) is 93.2 Å². The van der Waals surface area contributed by atoms with Gasteiger partial charge in [-0.25, -0.2) is 12.7 Å². The van der Waals surface area contributed by atoms with E-state index in [9.17, 15) is 18.0 Å². The smallest absolute Gasteiger partial charge is 0.309 e. The molecule has 0 saturated carbocycles. The first-order valence-electron chi connectivity index (χ1n) is 9.28. The van der Waals surface area contributed by atoms with Gasteiger partial charge in [0.15, 0.2) is 6.61 Å². The summed E-state index contributed by atoms with van der Waals surface area (Å²) < 4.78 is 35.6. The van der Waals surface area contributed by atoms with Crippen molar-refractivity contribution in [2.24, 2.45) is 5.92 Å². The zero-order valence-electron chi connectivity index (χ0n) is 16.6. The number of hydrogen-bond donors (Lipinski definition) is 0. The number of amides is 1. The van der Waals surface area contributed by atoms with Crippen molar-refractivity contribution < 1.29 is 27.5 Å². The van der Waals surface area contributed by atoms with Gasteiger partial charge in [0.1, 0.15) is 5.75 Å². The molecule has 0 aliphatic carbocycles. The number of hydrogen-bond acceptors (Lipinski definition) is 6. The average Bonchev–Trinajstić information content (AvgIpc) is 2.72. The van der Waals surface area contributed by atoms with Crippen molar-refractivity contribution in [1.29, 1.82) is 0 Å². The minimum Gasteiger partial charge on any atom is -0.496 e. The second kappa shape index (κ2) is 9.88. The SMILES string of the molecule is CCS(=O)(=O)N1CCC(C(=O)OCC(=O)N(C)Cc2ccccc2OC)CC1. The lowest BCUT2D eigenvalue weighted by atomic mass is 9.98. The molecule has 0 unspecified atom stereocenters. The van der Waals surface area contributed by atoms with Gasteiger partial charge in [-0.1, -0.05) is 18.2 Å². The van der Waals surface area contributed by atoms with Crippen molar-refractivity contribution >= 4 is 21.9 Å². The number of rotatable bonds is 8. The van der Waals surface area contributed by atoms with E-state index in [0.29, 0.717) is 38.2 Å². The maximum Gasteiger partial charge on any atom is 0.309 e. The van der Waals surface area contributed by atoms with Crippen LogP contribution in [0.3, 0.4) is 0 Å². The van der Waals surface area contributed by atoms with Crippen LogP contribution in [0.4, 0.5) is 0 Å². The van der Waals surface area contributed by atoms with Gasteiger partial charge in [0.2, 0.25) is 10.0 Å². The zero-order chi connectivity index (χ0) is 20.7. The maximum atomic E-state index is 12.3. The molecule has 1 fully saturated rings. The first-order chi connectivity index (χ1) is 13.3. The Labute approximate surface area is 166 Å². The van der Waals surface area contributed by atoms with Crippen molar-refractivity contribution in [2.45, 2.75) is 26.3 Å². The second-order valence-corrected chi connectivity index (χ2v) is 9.00. The van der Waals surface area contributed by atoms with Crippen LogP contribution in [0.5, 0.6) is 5.75 Å². The number of benzene rings is 1. The van der Waals surface area contributed by atoms with Crippen LogP contribution in [0.1, 0.15) is 25.3 Å². The predicted molar refractivity (Wildman–Crippen MR) is 104 cm³/mol. The zero-order valence-corrected chi connectivity index (χ0v) is 17.4. The number of nitrogens with zero attached hydrogens (tertiary/aromatic N) is 2. The van der Waals surface area contributed by atoms with Crippen LogP contribution in [0.25, 0.3) is 0 Å². The molecule has 1 aliphatic heterocycles. The van der Waals surface area contributed by atoms with E-state index in [1.807, 2.05) is 24.3 Å². The van der Waals surface area contributed by atoms with Crippen LogP contribution in [0.15, 0.2) is 24.3 Å². The van der Waals surface area contributed by atoms with E-state index < -0.39 is 16.0 Å². The highest BCUT2D eigenvalue weighted by Crippen LogP contribution is 2.21. The molecule has 1 saturated heterocycles. The highest BCUT2D eigenvalue weighted by molar-refractivity contribution is 7.89. The van der Waals surface area contributed by atoms with Crippen molar-refractivity contribution in [3.05, 3.63) is 29.8 Å². The van der Waals surface area contributed by atoms with Crippen LogP contribution >= 0.6 is 0 Å². The summed E-state index contributed by atoms with van der Waals surface area (Å²) in [6.07, 6.45) is 0.812. The third-order valence-electron chi connectivity index (χ3n) is 4.91. The Morgan fingerprint density at radius 1 is 1.21 bits per heavy atom. The summed E-state index contributed by atoms with van der Waals surface area (Å²) in [4.78, 5) is 26.0. The number of likely N-dealkylation sites (N-methyl/N-ethyl adjacent to an activating group) is 1. The highest BCUT2D eigenvalue weighted by Gasteiger charge is 2.31. The summed E-state index contributed by atoms with van der Waals surface area (Å²) in [7, 11) is -0.0281. The molecule has 0 spiro atoms. The predicted octanol–water partition coefficient (Wildman–Crippen LogP) is 1.26. The summed E-state index contributed by atoms with van der Waals surface area (Å²) in [5.74, 6) is -0.406.